The fraction of sp³-hybridized carbons (Fsp3) is 0.444. The summed E-state index contributed by atoms with van der Waals surface area (Å²) in [5, 5.41) is 2.21. The van der Waals surface area contributed by atoms with E-state index in [1.54, 1.807) is 6.20 Å². The van der Waals surface area contributed by atoms with Crippen molar-refractivity contribution in [2.45, 2.75) is 38.6 Å². The predicted molar refractivity (Wildman–Crippen MR) is 137 cm³/mol. The van der Waals surface area contributed by atoms with E-state index < -0.39 is 0 Å². The topological polar surface area (TPSA) is 49.3 Å². The van der Waals surface area contributed by atoms with Crippen molar-refractivity contribution in [2.24, 2.45) is 11.8 Å². The molecule has 1 aromatic carbocycles. The molecule has 2 aromatic heterocycles. The molecule has 2 atom stereocenters. The summed E-state index contributed by atoms with van der Waals surface area (Å²) in [6.45, 7) is 6.16. The van der Waals surface area contributed by atoms with Crippen LogP contribution >= 0.6 is 23.2 Å². The number of fused-ring (bicyclic) bond motifs is 1. The average Bonchev–Trinajstić information content (AvgIpc) is 2.87. The number of carbonyl (C=O) groups excluding carboxylic acids is 1. The van der Waals surface area contributed by atoms with Crippen LogP contribution in [0, 0.1) is 11.8 Å². The molecule has 0 bridgehead atoms. The van der Waals surface area contributed by atoms with E-state index in [9.17, 15) is 4.79 Å². The maximum Gasteiger partial charge on any atom is 0.272 e. The molecular formula is C27H30Cl2N4O. The normalized spacial score (nSPS) is 22.3. The van der Waals surface area contributed by atoms with Crippen molar-refractivity contribution < 1.29 is 4.79 Å². The zero-order valence-electron chi connectivity index (χ0n) is 19.5. The smallest absolute Gasteiger partial charge is 0.272 e. The lowest BCUT2D eigenvalue weighted by Crippen LogP contribution is -2.51. The van der Waals surface area contributed by atoms with E-state index in [1.165, 1.54) is 12.0 Å². The fourth-order valence-electron chi connectivity index (χ4n) is 5.50. The van der Waals surface area contributed by atoms with Crippen LogP contribution in [0.4, 0.5) is 0 Å². The third-order valence-electron chi connectivity index (χ3n) is 7.55. The molecule has 178 valence electrons. The molecule has 7 heteroatoms. The van der Waals surface area contributed by atoms with E-state index >= 15 is 0 Å². The van der Waals surface area contributed by atoms with Gasteiger partial charge in [-0.3, -0.25) is 9.69 Å². The number of amides is 1. The Morgan fingerprint density at radius 3 is 2.62 bits per heavy atom. The predicted octanol–water partition coefficient (Wildman–Crippen LogP) is 5.74. The summed E-state index contributed by atoms with van der Waals surface area (Å²) < 4.78 is 0. The van der Waals surface area contributed by atoms with Crippen LogP contribution in [0.25, 0.3) is 11.0 Å². The second-order valence-corrected chi connectivity index (χ2v) is 10.6. The second kappa shape index (κ2) is 10.2. The summed E-state index contributed by atoms with van der Waals surface area (Å²) in [5.41, 5.74) is 2.38. The lowest BCUT2D eigenvalue weighted by atomic mass is 9.81. The highest BCUT2D eigenvalue weighted by atomic mass is 35.5. The van der Waals surface area contributed by atoms with E-state index in [1.807, 2.05) is 41.3 Å². The van der Waals surface area contributed by atoms with E-state index in [-0.39, 0.29) is 5.91 Å². The average molecular weight is 497 g/mol. The Kier molecular flexibility index (Phi) is 7.05. The summed E-state index contributed by atoms with van der Waals surface area (Å²) in [6.07, 6.45) is 5.98. The molecule has 0 spiro atoms. The molecule has 0 radical (unpaired) electrons. The molecule has 5 nitrogen and oxygen atoms in total. The van der Waals surface area contributed by atoms with E-state index in [0.717, 1.165) is 50.8 Å². The van der Waals surface area contributed by atoms with Gasteiger partial charge in [0.1, 0.15) is 5.69 Å². The molecular weight excluding hydrogens is 467 g/mol. The number of pyridine rings is 2. The Morgan fingerprint density at radius 1 is 1.03 bits per heavy atom. The minimum atomic E-state index is 0.0136. The number of hydrogen-bond acceptors (Lipinski definition) is 4. The van der Waals surface area contributed by atoms with Crippen molar-refractivity contribution >= 4 is 40.1 Å². The number of aromatic nitrogens is 2. The molecule has 0 aliphatic carbocycles. The molecule has 2 aliphatic heterocycles. The number of benzene rings is 1. The number of nitrogens with zero attached hydrogens (tertiary/aromatic N) is 4. The van der Waals surface area contributed by atoms with Gasteiger partial charge in [-0.25, -0.2) is 9.97 Å². The van der Waals surface area contributed by atoms with Gasteiger partial charge in [-0.05, 0) is 86.0 Å². The molecule has 2 aliphatic rings. The Hall–Kier alpha value is -2.21. The number of rotatable bonds is 4. The highest BCUT2D eigenvalue weighted by Crippen LogP contribution is 2.32. The number of carbonyl (C=O) groups is 1. The number of halogens is 2. The van der Waals surface area contributed by atoms with Crippen molar-refractivity contribution in [1.29, 1.82) is 0 Å². The van der Waals surface area contributed by atoms with Gasteiger partial charge in [0.05, 0.1) is 10.0 Å². The molecule has 1 amide bonds. The maximum atomic E-state index is 13.0. The number of hydrogen-bond donors (Lipinski definition) is 0. The van der Waals surface area contributed by atoms with Gasteiger partial charge in [0.15, 0.2) is 5.65 Å². The summed E-state index contributed by atoms with van der Waals surface area (Å²) in [5.74, 6) is 1.29. The molecule has 0 N–H and O–H groups in total. The third-order valence-corrected chi connectivity index (χ3v) is 8.29. The van der Waals surface area contributed by atoms with Gasteiger partial charge < -0.3 is 4.90 Å². The Balaban J connectivity index is 1.14. The van der Waals surface area contributed by atoms with E-state index in [0.29, 0.717) is 39.3 Å². The van der Waals surface area contributed by atoms with Crippen LogP contribution in [-0.4, -0.2) is 57.9 Å². The standard InChI is InChI=1S/C27H30Cl2N4O/c1-18-17-33(12-8-21(18)15-19-4-6-23(28)24(29)16-19)22-9-13-32(14-10-22)27(34)25-7-5-20-3-2-11-30-26(20)31-25/h2-7,11,16,18,21-22H,8-10,12-15,17H2,1H3. The van der Waals surface area contributed by atoms with E-state index in [2.05, 4.69) is 27.9 Å². The molecule has 2 unspecified atom stereocenters. The summed E-state index contributed by atoms with van der Waals surface area (Å²) in [4.78, 5) is 26.4. The van der Waals surface area contributed by atoms with Crippen molar-refractivity contribution in [1.82, 2.24) is 19.8 Å². The van der Waals surface area contributed by atoms with Gasteiger partial charge in [-0.1, -0.05) is 36.2 Å². The fourth-order valence-corrected chi connectivity index (χ4v) is 5.82. The van der Waals surface area contributed by atoms with Gasteiger partial charge in [0, 0.05) is 37.3 Å². The summed E-state index contributed by atoms with van der Waals surface area (Å²) >= 11 is 12.3. The van der Waals surface area contributed by atoms with Crippen LogP contribution in [0.5, 0.6) is 0 Å². The Labute approximate surface area is 211 Å². The maximum absolute atomic E-state index is 13.0. The zero-order valence-corrected chi connectivity index (χ0v) is 21.0. The lowest BCUT2D eigenvalue weighted by molar-refractivity contribution is 0.0433. The van der Waals surface area contributed by atoms with Crippen molar-refractivity contribution in [2.75, 3.05) is 26.2 Å². The van der Waals surface area contributed by atoms with Crippen molar-refractivity contribution in [3.8, 4) is 0 Å². The van der Waals surface area contributed by atoms with Crippen LogP contribution in [0.15, 0.2) is 48.7 Å². The van der Waals surface area contributed by atoms with Crippen molar-refractivity contribution in [3.05, 3.63) is 70.0 Å². The minimum Gasteiger partial charge on any atom is -0.337 e. The first-order valence-electron chi connectivity index (χ1n) is 12.2. The minimum absolute atomic E-state index is 0.0136. The SMILES string of the molecule is CC1CN(C2CCN(C(=O)c3ccc4cccnc4n3)CC2)CCC1Cc1ccc(Cl)c(Cl)c1. The van der Waals surface area contributed by atoms with Crippen molar-refractivity contribution in [3.63, 3.8) is 0 Å². The first kappa shape index (κ1) is 23.5. The van der Waals surface area contributed by atoms with Gasteiger partial charge in [-0.15, -0.1) is 0 Å². The Morgan fingerprint density at radius 2 is 1.85 bits per heavy atom. The number of piperidine rings is 2. The Bertz CT molecular complexity index is 1180. The molecule has 3 aromatic rings. The van der Waals surface area contributed by atoms with Crippen LogP contribution in [0.3, 0.4) is 0 Å². The number of likely N-dealkylation sites (tertiary alicyclic amines) is 2. The zero-order chi connectivity index (χ0) is 23.7. The highest BCUT2D eigenvalue weighted by Gasteiger charge is 2.33. The van der Waals surface area contributed by atoms with Gasteiger partial charge in [0.25, 0.3) is 5.91 Å². The van der Waals surface area contributed by atoms with Gasteiger partial charge in [-0.2, -0.15) is 0 Å². The van der Waals surface area contributed by atoms with Crippen LogP contribution in [0.1, 0.15) is 42.2 Å². The first-order chi connectivity index (χ1) is 16.5. The van der Waals surface area contributed by atoms with Crippen LogP contribution in [0.2, 0.25) is 10.0 Å². The quantitative estimate of drug-likeness (QED) is 0.461. The molecule has 2 saturated heterocycles. The van der Waals surface area contributed by atoms with E-state index in [4.69, 9.17) is 23.2 Å². The van der Waals surface area contributed by atoms with Crippen LogP contribution in [-0.2, 0) is 6.42 Å². The van der Waals surface area contributed by atoms with Crippen LogP contribution < -0.4 is 0 Å². The summed E-state index contributed by atoms with van der Waals surface area (Å²) in [7, 11) is 0. The molecule has 5 rings (SSSR count). The largest absolute Gasteiger partial charge is 0.337 e. The summed E-state index contributed by atoms with van der Waals surface area (Å²) in [6, 6.07) is 14.1. The first-order valence-corrected chi connectivity index (χ1v) is 12.9. The molecule has 4 heterocycles. The molecule has 0 saturated carbocycles. The lowest BCUT2D eigenvalue weighted by Gasteiger charge is -2.44. The monoisotopic (exact) mass is 496 g/mol. The van der Waals surface area contributed by atoms with Gasteiger partial charge >= 0.3 is 0 Å². The third kappa shape index (κ3) is 5.07. The second-order valence-electron chi connectivity index (χ2n) is 9.74. The molecule has 34 heavy (non-hydrogen) atoms. The molecule has 2 fully saturated rings. The van der Waals surface area contributed by atoms with Gasteiger partial charge in [0.2, 0.25) is 0 Å². The highest BCUT2D eigenvalue weighted by molar-refractivity contribution is 6.42.